The van der Waals surface area contributed by atoms with Crippen LogP contribution in [0.2, 0.25) is 0 Å². The molecule has 0 atom stereocenters. The smallest absolute Gasteiger partial charge is 0.137 e. The Morgan fingerprint density at radius 1 is 0.367 bits per heavy atom. The number of rotatable bonds is 2. The standard InChI is InChI=1S/C56H40N2O2/c1-55(2)41-25-29-45-49(53(41)57(35-17-7-5-8-18-35)43-27-23-33-15-11-13-21-37(33)51(43)55)39-31-48-40(32-47(39)59-45)50-46(60-48)30-26-42-54(50)58(36-19-9-6-10-20-36)44-28-24-34-16-12-14-22-38(34)52(44)56(42,3)4/h5-32H,1-4H3. The predicted octanol–water partition coefficient (Wildman–Crippen LogP) is 16.0. The normalized spacial score (nSPS) is 15.2. The predicted molar refractivity (Wildman–Crippen MR) is 250 cm³/mol. The van der Waals surface area contributed by atoms with Crippen molar-refractivity contribution in [3.05, 3.63) is 192 Å². The van der Waals surface area contributed by atoms with E-state index in [0.717, 1.165) is 66.6 Å². The molecule has 4 heteroatoms. The van der Waals surface area contributed by atoms with Gasteiger partial charge in [0.25, 0.3) is 0 Å². The fourth-order valence-corrected chi connectivity index (χ4v) is 11.1. The van der Waals surface area contributed by atoms with E-state index in [0.29, 0.717) is 0 Å². The highest BCUT2D eigenvalue weighted by atomic mass is 16.3. The van der Waals surface area contributed by atoms with Crippen molar-refractivity contribution in [2.24, 2.45) is 0 Å². The number of hydrogen-bond donors (Lipinski definition) is 0. The molecule has 0 unspecified atom stereocenters. The van der Waals surface area contributed by atoms with Crippen LogP contribution in [0.4, 0.5) is 34.1 Å². The van der Waals surface area contributed by atoms with E-state index in [-0.39, 0.29) is 10.8 Å². The average Bonchev–Trinajstić information content (AvgIpc) is 3.83. The second-order valence-electron chi connectivity index (χ2n) is 17.7. The van der Waals surface area contributed by atoms with Crippen molar-refractivity contribution in [2.45, 2.75) is 38.5 Å². The fraction of sp³-hybridized carbons (Fsp3) is 0.107. The minimum absolute atomic E-state index is 0.299. The van der Waals surface area contributed by atoms with Gasteiger partial charge in [0.1, 0.15) is 22.3 Å². The first-order valence-electron chi connectivity index (χ1n) is 20.9. The molecule has 0 N–H and O–H groups in total. The van der Waals surface area contributed by atoms with Crippen LogP contribution in [-0.4, -0.2) is 0 Å². The molecule has 11 aromatic rings. The zero-order chi connectivity index (χ0) is 40.1. The van der Waals surface area contributed by atoms with Crippen molar-refractivity contribution >= 4 is 99.5 Å². The number of furan rings is 2. The largest absolute Gasteiger partial charge is 0.456 e. The van der Waals surface area contributed by atoms with Crippen LogP contribution in [0.25, 0.3) is 65.4 Å². The topological polar surface area (TPSA) is 32.8 Å². The van der Waals surface area contributed by atoms with E-state index >= 15 is 0 Å². The molecule has 0 aliphatic carbocycles. The summed E-state index contributed by atoms with van der Waals surface area (Å²) >= 11 is 0. The Morgan fingerprint density at radius 2 is 0.767 bits per heavy atom. The molecule has 13 rings (SSSR count). The zero-order valence-electron chi connectivity index (χ0n) is 33.9. The Hall–Kier alpha value is -7.30. The third-order valence-corrected chi connectivity index (χ3v) is 13.7. The summed E-state index contributed by atoms with van der Waals surface area (Å²) in [5.74, 6) is 0. The van der Waals surface area contributed by atoms with Crippen LogP contribution in [0.5, 0.6) is 0 Å². The monoisotopic (exact) mass is 772 g/mol. The van der Waals surface area contributed by atoms with Gasteiger partial charge in [-0.2, -0.15) is 0 Å². The molecule has 0 saturated carbocycles. The van der Waals surface area contributed by atoms with Gasteiger partial charge < -0.3 is 18.6 Å². The number of para-hydroxylation sites is 2. The van der Waals surface area contributed by atoms with Crippen LogP contribution in [0, 0.1) is 0 Å². The van der Waals surface area contributed by atoms with E-state index in [4.69, 9.17) is 8.83 Å². The molecule has 0 amide bonds. The Kier molecular flexibility index (Phi) is 6.55. The van der Waals surface area contributed by atoms with Gasteiger partial charge in [0.15, 0.2) is 0 Å². The highest BCUT2D eigenvalue weighted by Crippen LogP contribution is 2.59. The lowest BCUT2D eigenvalue weighted by molar-refractivity contribution is 0.636. The van der Waals surface area contributed by atoms with Crippen molar-refractivity contribution < 1.29 is 8.83 Å². The lowest BCUT2D eigenvalue weighted by Crippen LogP contribution is -2.31. The first-order valence-corrected chi connectivity index (χ1v) is 20.9. The number of fused-ring (bicyclic) bond motifs is 16. The SMILES string of the molecule is CC1(C)c2ccc3oc4cc5c(cc4c3c2N(c2ccccc2)c2ccc3ccccc3c21)oc1ccc2c(c15)N(c1ccccc1)c1ccc3ccccc3c1C2(C)C. The Bertz CT molecular complexity index is 3370. The van der Waals surface area contributed by atoms with Crippen LogP contribution in [0.1, 0.15) is 49.9 Å². The maximum Gasteiger partial charge on any atom is 0.137 e. The third-order valence-electron chi connectivity index (χ3n) is 13.7. The van der Waals surface area contributed by atoms with Gasteiger partial charge in [-0.25, -0.2) is 0 Å². The van der Waals surface area contributed by atoms with E-state index in [1.807, 2.05) is 0 Å². The third kappa shape index (κ3) is 4.30. The van der Waals surface area contributed by atoms with Gasteiger partial charge in [-0.3, -0.25) is 0 Å². The maximum absolute atomic E-state index is 6.97. The summed E-state index contributed by atoms with van der Waals surface area (Å²) in [6, 6.07) is 61.6. The van der Waals surface area contributed by atoms with E-state index in [9.17, 15) is 0 Å². The molecule has 4 heterocycles. The van der Waals surface area contributed by atoms with Crippen LogP contribution in [-0.2, 0) is 10.8 Å². The first kappa shape index (κ1) is 33.6. The van der Waals surface area contributed by atoms with Crippen molar-refractivity contribution in [3.63, 3.8) is 0 Å². The van der Waals surface area contributed by atoms with Crippen molar-refractivity contribution in [2.75, 3.05) is 9.80 Å². The molecule has 0 fully saturated rings. The second kappa shape index (κ2) is 11.7. The van der Waals surface area contributed by atoms with Gasteiger partial charge in [0.05, 0.1) is 33.5 Å². The molecule has 2 aliphatic heterocycles. The first-order chi connectivity index (χ1) is 29.3. The summed E-state index contributed by atoms with van der Waals surface area (Å²) in [6.07, 6.45) is 0. The summed E-state index contributed by atoms with van der Waals surface area (Å²) in [5.41, 5.74) is 14.9. The van der Waals surface area contributed by atoms with E-state index < -0.39 is 0 Å². The van der Waals surface area contributed by atoms with Gasteiger partial charge in [0, 0.05) is 33.0 Å². The van der Waals surface area contributed by atoms with Crippen LogP contribution in [0.15, 0.2) is 179 Å². The van der Waals surface area contributed by atoms with Gasteiger partial charge in [0.2, 0.25) is 0 Å². The molecule has 60 heavy (non-hydrogen) atoms. The minimum Gasteiger partial charge on any atom is -0.456 e. The molecule has 2 aliphatic rings. The van der Waals surface area contributed by atoms with Gasteiger partial charge in [-0.1, -0.05) is 137 Å². The summed E-state index contributed by atoms with van der Waals surface area (Å²) < 4.78 is 13.9. The van der Waals surface area contributed by atoms with Gasteiger partial charge >= 0.3 is 0 Å². The van der Waals surface area contributed by atoms with Crippen molar-refractivity contribution in [3.8, 4) is 0 Å². The minimum atomic E-state index is -0.299. The van der Waals surface area contributed by atoms with Crippen molar-refractivity contribution in [1.29, 1.82) is 0 Å². The Labute approximate surface area is 347 Å². The summed E-state index contributed by atoms with van der Waals surface area (Å²) in [5, 5.41) is 9.32. The Morgan fingerprint density at radius 3 is 1.20 bits per heavy atom. The van der Waals surface area contributed by atoms with Gasteiger partial charge in [-0.15, -0.1) is 0 Å². The summed E-state index contributed by atoms with van der Waals surface area (Å²) in [7, 11) is 0. The molecule has 286 valence electrons. The van der Waals surface area contributed by atoms with Gasteiger partial charge in [-0.05, 0) is 104 Å². The molecule has 0 saturated heterocycles. The molecular formula is C56H40N2O2. The van der Waals surface area contributed by atoms with E-state index in [2.05, 4.69) is 207 Å². The average molecular weight is 773 g/mol. The lowest BCUT2D eigenvalue weighted by atomic mass is 9.71. The molecule has 2 aromatic heterocycles. The molecule has 4 nitrogen and oxygen atoms in total. The number of benzene rings is 9. The van der Waals surface area contributed by atoms with Crippen LogP contribution in [0.3, 0.4) is 0 Å². The van der Waals surface area contributed by atoms with Crippen LogP contribution < -0.4 is 9.80 Å². The zero-order valence-corrected chi connectivity index (χ0v) is 33.9. The maximum atomic E-state index is 6.97. The highest BCUT2D eigenvalue weighted by molar-refractivity contribution is 6.23. The summed E-state index contributed by atoms with van der Waals surface area (Å²) in [4.78, 5) is 4.92. The second-order valence-corrected chi connectivity index (χ2v) is 17.7. The fourth-order valence-electron chi connectivity index (χ4n) is 11.1. The highest BCUT2D eigenvalue weighted by Gasteiger charge is 2.42. The molecular weight excluding hydrogens is 733 g/mol. The summed E-state index contributed by atoms with van der Waals surface area (Å²) in [6.45, 7) is 9.48. The molecule has 0 spiro atoms. The van der Waals surface area contributed by atoms with Crippen LogP contribution >= 0.6 is 0 Å². The number of hydrogen-bond acceptors (Lipinski definition) is 4. The number of anilines is 6. The molecule has 0 bridgehead atoms. The molecule has 0 radical (unpaired) electrons. The van der Waals surface area contributed by atoms with Crippen molar-refractivity contribution in [1.82, 2.24) is 0 Å². The van der Waals surface area contributed by atoms with E-state index in [1.165, 1.54) is 55.2 Å². The lowest BCUT2D eigenvalue weighted by Gasteiger charge is -2.43. The van der Waals surface area contributed by atoms with E-state index in [1.54, 1.807) is 0 Å². The quantitative estimate of drug-likeness (QED) is 0.175. The Balaban J connectivity index is 1.11. The number of nitrogens with zero attached hydrogens (tertiary/aromatic N) is 2. The molecule has 9 aromatic carbocycles.